The predicted octanol–water partition coefficient (Wildman–Crippen LogP) is 3.86. The Morgan fingerprint density at radius 1 is 1.14 bits per heavy atom. The summed E-state index contributed by atoms with van der Waals surface area (Å²) in [4.78, 5) is 12.2. The molecule has 4 nitrogen and oxygen atoms in total. The number of carbonyl (C=O) groups excluding carboxylic acids is 1. The van der Waals surface area contributed by atoms with E-state index in [2.05, 4.69) is 21.2 Å². The number of carbonyl (C=O) groups is 1. The maximum absolute atomic E-state index is 13.2. The van der Waals surface area contributed by atoms with Gasteiger partial charge in [0.05, 0.1) is 24.4 Å². The molecule has 0 saturated carbocycles. The molecule has 1 N–H and O–H groups in total. The van der Waals surface area contributed by atoms with Crippen LogP contribution in [-0.4, -0.2) is 20.1 Å². The average molecular weight is 354 g/mol. The Bertz CT molecular complexity index is 676. The fraction of sp³-hybridized carbons (Fsp3) is 0.133. The minimum absolute atomic E-state index is 0.229. The molecule has 0 unspecified atom stereocenters. The van der Waals surface area contributed by atoms with Crippen LogP contribution in [0.4, 0.5) is 10.1 Å². The van der Waals surface area contributed by atoms with E-state index >= 15 is 0 Å². The molecule has 1 amide bonds. The summed E-state index contributed by atoms with van der Waals surface area (Å²) >= 11 is 3.05. The fourth-order valence-electron chi connectivity index (χ4n) is 1.74. The number of rotatable bonds is 4. The molecule has 110 valence electrons. The maximum Gasteiger partial charge on any atom is 0.255 e. The first-order valence-corrected chi connectivity index (χ1v) is 6.83. The standard InChI is InChI=1S/C15H13BrFNO3/c1-20-10-4-6-14(21-2)13(8-10)18-15(19)9-3-5-12(17)11(16)7-9/h3-8H,1-2H3,(H,18,19). The SMILES string of the molecule is COc1ccc(OC)c(NC(=O)c2ccc(F)c(Br)c2)c1. The van der Waals surface area contributed by atoms with Gasteiger partial charge in [-0.15, -0.1) is 0 Å². The molecule has 0 aliphatic heterocycles. The Morgan fingerprint density at radius 2 is 1.90 bits per heavy atom. The van der Waals surface area contributed by atoms with Crippen LogP contribution in [0.25, 0.3) is 0 Å². The van der Waals surface area contributed by atoms with Crippen molar-refractivity contribution in [1.29, 1.82) is 0 Å². The lowest BCUT2D eigenvalue weighted by Crippen LogP contribution is -2.13. The van der Waals surface area contributed by atoms with Gasteiger partial charge in [-0.3, -0.25) is 4.79 Å². The summed E-state index contributed by atoms with van der Waals surface area (Å²) in [6.45, 7) is 0. The van der Waals surface area contributed by atoms with Crippen molar-refractivity contribution in [3.63, 3.8) is 0 Å². The molecule has 2 rings (SSSR count). The van der Waals surface area contributed by atoms with Gasteiger partial charge in [-0.05, 0) is 46.3 Å². The van der Waals surface area contributed by atoms with Gasteiger partial charge in [0.15, 0.2) is 0 Å². The lowest BCUT2D eigenvalue weighted by Gasteiger charge is -2.12. The van der Waals surface area contributed by atoms with Crippen LogP contribution < -0.4 is 14.8 Å². The number of ether oxygens (including phenoxy) is 2. The molecule has 0 fully saturated rings. The normalized spacial score (nSPS) is 10.1. The first-order chi connectivity index (χ1) is 10.0. The van der Waals surface area contributed by atoms with Gasteiger partial charge in [-0.1, -0.05) is 0 Å². The molecule has 0 atom stereocenters. The number of anilines is 1. The fourth-order valence-corrected chi connectivity index (χ4v) is 2.12. The molecular weight excluding hydrogens is 341 g/mol. The van der Waals surface area contributed by atoms with E-state index in [0.29, 0.717) is 22.7 Å². The lowest BCUT2D eigenvalue weighted by molar-refractivity contribution is 0.102. The molecule has 0 aliphatic carbocycles. The van der Waals surface area contributed by atoms with Crippen molar-refractivity contribution in [3.05, 3.63) is 52.3 Å². The molecule has 0 radical (unpaired) electrons. The highest BCUT2D eigenvalue weighted by atomic mass is 79.9. The molecule has 0 spiro atoms. The predicted molar refractivity (Wildman–Crippen MR) is 81.6 cm³/mol. The minimum Gasteiger partial charge on any atom is -0.497 e. The summed E-state index contributed by atoms with van der Waals surface area (Å²) in [6.07, 6.45) is 0. The molecule has 0 bridgehead atoms. The van der Waals surface area contributed by atoms with Gasteiger partial charge in [0.25, 0.3) is 5.91 Å². The van der Waals surface area contributed by atoms with Crippen molar-refractivity contribution in [1.82, 2.24) is 0 Å². The van der Waals surface area contributed by atoms with Crippen molar-refractivity contribution in [3.8, 4) is 11.5 Å². The van der Waals surface area contributed by atoms with Crippen LogP contribution in [0, 0.1) is 5.82 Å². The Labute approximate surface area is 130 Å². The van der Waals surface area contributed by atoms with Crippen LogP contribution in [0.1, 0.15) is 10.4 Å². The molecule has 2 aromatic carbocycles. The second-order valence-corrected chi connectivity index (χ2v) is 5.00. The van der Waals surface area contributed by atoms with Crippen molar-refractivity contribution < 1.29 is 18.7 Å². The Morgan fingerprint density at radius 3 is 2.52 bits per heavy atom. The Balaban J connectivity index is 2.28. The van der Waals surface area contributed by atoms with Crippen molar-refractivity contribution in [2.45, 2.75) is 0 Å². The highest BCUT2D eigenvalue weighted by Gasteiger charge is 2.12. The summed E-state index contributed by atoms with van der Waals surface area (Å²) in [7, 11) is 3.04. The van der Waals surface area contributed by atoms with E-state index in [9.17, 15) is 9.18 Å². The molecule has 21 heavy (non-hydrogen) atoms. The minimum atomic E-state index is -0.425. The topological polar surface area (TPSA) is 47.6 Å². The molecular formula is C15H13BrFNO3. The van der Waals surface area contributed by atoms with E-state index in [4.69, 9.17) is 9.47 Å². The van der Waals surface area contributed by atoms with E-state index in [1.165, 1.54) is 32.4 Å². The third kappa shape index (κ3) is 3.52. The van der Waals surface area contributed by atoms with Gasteiger partial charge in [-0.25, -0.2) is 4.39 Å². The third-order valence-corrected chi connectivity index (χ3v) is 3.44. The number of nitrogens with one attached hydrogen (secondary N) is 1. The van der Waals surface area contributed by atoms with Crippen LogP contribution in [0.2, 0.25) is 0 Å². The van der Waals surface area contributed by atoms with Crippen molar-refractivity contribution >= 4 is 27.5 Å². The number of methoxy groups -OCH3 is 2. The summed E-state index contributed by atoms with van der Waals surface area (Å²) in [5.74, 6) is 0.296. The largest absolute Gasteiger partial charge is 0.497 e. The molecule has 0 aliphatic rings. The van der Waals surface area contributed by atoms with Crippen LogP contribution in [0.15, 0.2) is 40.9 Å². The van der Waals surface area contributed by atoms with Crippen LogP contribution >= 0.6 is 15.9 Å². The first kappa shape index (κ1) is 15.3. The van der Waals surface area contributed by atoms with Crippen LogP contribution in [0.3, 0.4) is 0 Å². The second-order valence-electron chi connectivity index (χ2n) is 4.15. The average Bonchev–Trinajstić information content (AvgIpc) is 2.49. The number of halogens is 2. The molecule has 0 heterocycles. The summed E-state index contributed by atoms with van der Waals surface area (Å²) < 4.78 is 23.7. The van der Waals surface area contributed by atoms with Gasteiger partial charge in [0, 0.05) is 11.6 Å². The Hall–Kier alpha value is -2.08. The van der Waals surface area contributed by atoms with E-state index in [-0.39, 0.29) is 10.4 Å². The molecule has 0 aromatic heterocycles. The molecule has 2 aromatic rings. The lowest BCUT2D eigenvalue weighted by atomic mass is 10.2. The van der Waals surface area contributed by atoms with Crippen molar-refractivity contribution in [2.75, 3.05) is 19.5 Å². The number of hydrogen-bond acceptors (Lipinski definition) is 3. The number of benzene rings is 2. The van der Waals surface area contributed by atoms with Crippen LogP contribution in [-0.2, 0) is 0 Å². The third-order valence-electron chi connectivity index (χ3n) is 2.84. The van der Waals surface area contributed by atoms with Gasteiger partial charge < -0.3 is 14.8 Å². The van der Waals surface area contributed by atoms with E-state index < -0.39 is 5.82 Å². The van der Waals surface area contributed by atoms with Gasteiger partial charge in [0.2, 0.25) is 0 Å². The summed E-state index contributed by atoms with van der Waals surface area (Å²) in [5, 5.41) is 2.71. The highest BCUT2D eigenvalue weighted by molar-refractivity contribution is 9.10. The molecule has 6 heteroatoms. The second kappa shape index (κ2) is 6.58. The summed E-state index contributed by atoms with van der Waals surface area (Å²) in [6, 6.07) is 9.11. The smallest absolute Gasteiger partial charge is 0.255 e. The van der Waals surface area contributed by atoms with Gasteiger partial charge in [-0.2, -0.15) is 0 Å². The summed E-state index contributed by atoms with van der Waals surface area (Å²) in [5.41, 5.74) is 0.801. The zero-order valence-electron chi connectivity index (χ0n) is 11.4. The van der Waals surface area contributed by atoms with Crippen molar-refractivity contribution in [2.24, 2.45) is 0 Å². The van der Waals surface area contributed by atoms with Gasteiger partial charge in [0.1, 0.15) is 17.3 Å². The highest BCUT2D eigenvalue weighted by Crippen LogP contribution is 2.29. The first-order valence-electron chi connectivity index (χ1n) is 6.03. The van der Waals surface area contributed by atoms with E-state index in [0.717, 1.165) is 0 Å². The van der Waals surface area contributed by atoms with E-state index in [1.807, 2.05) is 0 Å². The van der Waals surface area contributed by atoms with Crippen LogP contribution in [0.5, 0.6) is 11.5 Å². The zero-order valence-corrected chi connectivity index (χ0v) is 13.0. The molecule has 0 saturated heterocycles. The maximum atomic E-state index is 13.2. The number of hydrogen-bond donors (Lipinski definition) is 1. The quantitative estimate of drug-likeness (QED) is 0.907. The zero-order chi connectivity index (χ0) is 15.4. The number of amides is 1. The Kier molecular flexibility index (Phi) is 4.80. The monoisotopic (exact) mass is 353 g/mol. The van der Waals surface area contributed by atoms with Gasteiger partial charge >= 0.3 is 0 Å². The van der Waals surface area contributed by atoms with E-state index in [1.54, 1.807) is 18.2 Å².